The van der Waals surface area contributed by atoms with Crippen molar-refractivity contribution >= 4 is 6.09 Å². The van der Waals surface area contributed by atoms with Crippen LogP contribution in [-0.4, -0.2) is 12.9 Å². The van der Waals surface area contributed by atoms with Gasteiger partial charge in [0.2, 0.25) is 6.79 Å². The van der Waals surface area contributed by atoms with Crippen molar-refractivity contribution in [2.45, 2.75) is 6.92 Å². The maximum Gasteiger partial charge on any atom is 0.407 e. The van der Waals surface area contributed by atoms with Crippen molar-refractivity contribution in [1.29, 1.82) is 0 Å². The van der Waals surface area contributed by atoms with Gasteiger partial charge in [-0.05, 0) is 24.6 Å². The molecule has 2 N–H and O–H groups in total. The Bertz CT molecular complexity index is 299. The smallest absolute Gasteiger partial charge is 0.407 e. The largest absolute Gasteiger partial charge is 0.457 e. The summed E-state index contributed by atoms with van der Waals surface area (Å²) < 4.78 is 9.48. The van der Waals surface area contributed by atoms with E-state index in [1.165, 1.54) is 0 Å². The van der Waals surface area contributed by atoms with Gasteiger partial charge in [-0.25, -0.2) is 4.79 Å². The van der Waals surface area contributed by atoms with Crippen molar-refractivity contribution in [1.82, 2.24) is 0 Å². The number of nitrogens with two attached hydrogens (primary N) is 1. The molecule has 0 bridgehead atoms. The Balaban J connectivity index is 2.41. The number of hydrogen-bond donors (Lipinski definition) is 1. The molecule has 4 heteroatoms. The molecule has 0 radical (unpaired) electrons. The number of carbonyl (C=O) groups is 1. The minimum absolute atomic E-state index is 0.154. The van der Waals surface area contributed by atoms with Crippen LogP contribution in [0.4, 0.5) is 4.79 Å². The third-order valence-corrected chi connectivity index (χ3v) is 1.42. The summed E-state index contributed by atoms with van der Waals surface area (Å²) in [6.45, 7) is 1.79. The van der Waals surface area contributed by atoms with Crippen molar-refractivity contribution in [3.05, 3.63) is 29.8 Å². The molecule has 4 nitrogen and oxygen atoms in total. The zero-order valence-corrected chi connectivity index (χ0v) is 7.32. The molecule has 0 saturated heterocycles. The number of amides is 1. The van der Waals surface area contributed by atoms with E-state index >= 15 is 0 Å². The van der Waals surface area contributed by atoms with E-state index in [-0.39, 0.29) is 6.79 Å². The second kappa shape index (κ2) is 4.35. The highest BCUT2D eigenvalue weighted by Gasteiger charge is 1.95. The first-order valence-corrected chi connectivity index (χ1v) is 3.80. The first-order valence-electron chi connectivity index (χ1n) is 3.80. The predicted octanol–water partition coefficient (Wildman–Crippen LogP) is 1.43. The van der Waals surface area contributed by atoms with Crippen LogP contribution in [0.2, 0.25) is 0 Å². The fraction of sp³-hybridized carbons (Fsp3) is 0.222. The number of carbonyl (C=O) groups excluding carboxylic acids is 1. The van der Waals surface area contributed by atoms with Gasteiger partial charge >= 0.3 is 6.09 Å². The molecule has 1 aromatic carbocycles. The quantitative estimate of drug-likeness (QED) is 0.717. The molecule has 0 unspecified atom stereocenters. The Labute approximate surface area is 76.3 Å². The van der Waals surface area contributed by atoms with Crippen LogP contribution in [0.1, 0.15) is 5.56 Å². The lowest BCUT2D eigenvalue weighted by Crippen LogP contribution is -2.16. The summed E-state index contributed by atoms with van der Waals surface area (Å²) in [5, 5.41) is 0. The molecular weight excluding hydrogens is 170 g/mol. The lowest BCUT2D eigenvalue weighted by Gasteiger charge is -2.05. The highest BCUT2D eigenvalue weighted by Crippen LogP contribution is 2.11. The molecule has 0 saturated carbocycles. The van der Waals surface area contributed by atoms with E-state index in [4.69, 9.17) is 10.5 Å². The van der Waals surface area contributed by atoms with Crippen LogP contribution < -0.4 is 10.5 Å². The molecule has 0 atom stereocenters. The highest BCUT2D eigenvalue weighted by atomic mass is 16.7. The summed E-state index contributed by atoms with van der Waals surface area (Å²) in [5.74, 6) is 0.654. The molecular formula is C9H11NO3. The third-order valence-electron chi connectivity index (χ3n) is 1.42. The van der Waals surface area contributed by atoms with Gasteiger partial charge < -0.3 is 15.2 Å². The number of hydrogen-bond acceptors (Lipinski definition) is 3. The van der Waals surface area contributed by atoms with Crippen molar-refractivity contribution in [3.63, 3.8) is 0 Å². The number of ether oxygens (including phenoxy) is 2. The van der Waals surface area contributed by atoms with Crippen LogP contribution in [-0.2, 0) is 4.74 Å². The van der Waals surface area contributed by atoms with Crippen molar-refractivity contribution in [2.24, 2.45) is 5.73 Å². The Kier molecular flexibility index (Phi) is 3.14. The molecule has 1 rings (SSSR count). The SMILES string of the molecule is Cc1cccc(OCOC(N)=O)c1. The van der Waals surface area contributed by atoms with Crippen molar-refractivity contribution < 1.29 is 14.3 Å². The van der Waals surface area contributed by atoms with Crippen LogP contribution >= 0.6 is 0 Å². The number of rotatable bonds is 3. The Hall–Kier alpha value is -1.71. The topological polar surface area (TPSA) is 61.6 Å². The van der Waals surface area contributed by atoms with E-state index in [1.807, 2.05) is 25.1 Å². The minimum Gasteiger partial charge on any atom is -0.457 e. The zero-order valence-electron chi connectivity index (χ0n) is 7.32. The third kappa shape index (κ3) is 3.46. The Morgan fingerprint density at radius 1 is 1.54 bits per heavy atom. The van der Waals surface area contributed by atoms with Gasteiger partial charge in [0.15, 0.2) is 0 Å². The molecule has 0 aliphatic heterocycles. The van der Waals surface area contributed by atoms with Gasteiger partial charge in [0, 0.05) is 0 Å². The molecule has 0 aliphatic carbocycles. The first kappa shape index (κ1) is 9.38. The number of benzene rings is 1. The number of aryl methyl sites for hydroxylation is 1. The fourth-order valence-corrected chi connectivity index (χ4v) is 0.861. The molecule has 0 spiro atoms. The molecule has 70 valence electrons. The normalized spacial score (nSPS) is 9.31. The summed E-state index contributed by atoms with van der Waals surface area (Å²) in [6.07, 6.45) is -0.840. The summed E-state index contributed by atoms with van der Waals surface area (Å²) in [4.78, 5) is 10.2. The Morgan fingerprint density at radius 2 is 2.31 bits per heavy atom. The summed E-state index contributed by atoms with van der Waals surface area (Å²) in [7, 11) is 0. The lowest BCUT2D eigenvalue weighted by atomic mass is 10.2. The summed E-state index contributed by atoms with van der Waals surface area (Å²) in [5.41, 5.74) is 5.83. The second-order valence-corrected chi connectivity index (χ2v) is 2.54. The van der Waals surface area contributed by atoms with Crippen LogP contribution in [0.3, 0.4) is 0 Å². The maximum atomic E-state index is 10.2. The Morgan fingerprint density at radius 3 is 2.92 bits per heavy atom. The number of primary amides is 1. The summed E-state index contributed by atoms with van der Waals surface area (Å²) >= 11 is 0. The van der Waals surface area contributed by atoms with Crippen LogP contribution in [0, 0.1) is 6.92 Å². The van der Waals surface area contributed by atoms with Crippen LogP contribution in [0.5, 0.6) is 5.75 Å². The predicted molar refractivity (Wildman–Crippen MR) is 47.3 cm³/mol. The van der Waals surface area contributed by atoms with Gasteiger partial charge in [-0.2, -0.15) is 0 Å². The standard InChI is InChI=1S/C9H11NO3/c1-7-3-2-4-8(5-7)12-6-13-9(10)11/h2-5H,6H2,1H3,(H2,10,11). The molecule has 0 heterocycles. The van der Waals surface area contributed by atoms with E-state index in [0.717, 1.165) is 5.56 Å². The van der Waals surface area contributed by atoms with Gasteiger partial charge in [0.25, 0.3) is 0 Å². The first-order chi connectivity index (χ1) is 6.18. The average Bonchev–Trinajstić information content (AvgIpc) is 2.03. The molecule has 13 heavy (non-hydrogen) atoms. The van der Waals surface area contributed by atoms with Crippen molar-refractivity contribution in [3.8, 4) is 5.75 Å². The lowest BCUT2D eigenvalue weighted by molar-refractivity contribution is 0.0657. The van der Waals surface area contributed by atoms with E-state index in [1.54, 1.807) is 6.07 Å². The van der Waals surface area contributed by atoms with Gasteiger partial charge in [0.1, 0.15) is 5.75 Å². The van der Waals surface area contributed by atoms with E-state index in [9.17, 15) is 4.79 Å². The van der Waals surface area contributed by atoms with E-state index in [2.05, 4.69) is 4.74 Å². The second-order valence-electron chi connectivity index (χ2n) is 2.54. The molecule has 0 aliphatic rings. The highest BCUT2D eigenvalue weighted by molar-refractivity contribution is 5.64. The van der Waals surface area contributed by atoms with Gasteiger partial charge in [-0.3, -0.25) is 0 Å². The maximum absolute atomic E-state index is 10.2. The minimum atomic E-state index is -0.840. The van der Waals surface area contributed by atoms with Gasteiger partial charge in [0.05, 0.1) is 0 Å². The average molecular weight is 181 g/mol. The molecule has 0 fully saturated rings. The fourth-order valence-electron chi connectivity index (χ4n) is 0.861. The van der Waals surface area contributed by atoms with Crippen LogP contribution in [0.15, 0.2) is 24.3 Å². The van der Waals surface area contributed by atoms with E-state index < -0.39 is 6.09 Å². The van der Waals surface area contributed by atoms with Gasteiger partial charge in [-0.1, -0.05) is 12.1 Å². The van der Waals surface area contributed by atoms with Gasteiger partial charge in [-0.15, -0.1) is 0 Å². The monoisotopic (exact) mass is 181 g/mol. The van der Waals surface area contributed by atoms with E-state index in [0.29, 0.717) is 5.75 Å². The summed E-state index contributed by atoms with van der Waals surface area (Å²) in [6, 6.07) is 7.42. The van der Waals surface area contributed by atoms with Crippen molar-refractivity contribution in [2.75, 3.05) is 6.79 Å². The van der Waals surface area contributed by atoms with Crippen LogP contribution in [0.25, 0.3) is 0 Å². The molecule has 0 aromatic heterocycles. The zero-order chi connectivity index (χ0) is 9.68. The molecule has 1 amide bonds. The molecule has 1 aromatic rings.